The summed E-state index contributed by atoms with van der Waals surface area (Å²) in [6.07, 6.45) is 6.02. The first-order valence-corrected chi connectivity index (χ1v) is 9.34. The van der Waals surface area contributed by atoms with Gasteiger partial charge in [-0.3, -0.25) is 9.98 Å². The maximum Gasteiger partial charge on any atom is 0.264 e. The lowest BCUT2D eigenvalue weighted by molar-refractivity contribution is -0.0169. The number of nitrogens with one attached hydrogen (secondary N) is 1. The molecule has 0 radical (unpaired) electrons. The second-order valence-corrected chi connectivity index (χ2v) is 7.44. The average molecular weight is 370 g/mol. The summed E-state index contributed by atoms with van der Waals surface area (Å²) in [5, 5.41) is 2.72. The normalized spacial score (nSPS) is 23.0. The van der Waals surface area contributed by atoms with Gasteiger partial charge in [0.1, 0.15) is 6.04 Å². The summed E-state index contributed by atoms with van der Waals surface area (Å²) in [4.78, 5) is 11.6. The molecule has 0 saturated carbocycles. The summed E-state index contributed by atoms with van der Waals surface area (Å²) in [5.41, 5.74) is 6.01. The molecular formula is C21H24F2N4. The molecule has 142 valence electrons. The van der Waals surface area contributed by atoms with Crippen LogP contribution in [-0.4, -0.2) is 37.5 Å². The van der Waals surface area contributed by atoms with Crippen LogP contribution in [0.3, 0.4) is 0 Å². The van der Waals surface area contributed by atoms with E-state index >= 15 is 0 Å². The van der Waals surface area contributed by atoms with Gasteiger partial charge in [-0.15, -0.1) is 0 Å². The molecule has 0 aromatic heterocycles. The molecule has 4 nitrogen and oxygen atoms in total. The van der Waals surface area contributed by atoms with Crippen LogP contribution >= 0.6 is 0 Å². The van der Waals surface area contributed by atoms with Crippen LogP contribution in [0.4, 0.5) is 14.5 Å². The van der Waals surface area contributed by atoms with Crippen LogP contribution in [0.5, 0.6) is 0 Å². The highest BCUT2D eigenvalue weighted by molar-refractivity contribution is 5.99. The standard InChI is InChI=1S/C21H24F2N4/c1-13-11-17-19(26-13)16-5-4-10-27(18(16)12-25-17)15-8-6-14(7-9-15)20(24-3)21(2,22)23/h6-9,11-12,19-20,24H,4-5,10H2,1-3H3/t19?,20-/m0/s1. The van der Waals surface area contributed by atoms with Crippen molar-refractivity contribution in [1.29, 1.82) is 0 Å². The quantitative estimate of drug-likeness (QED) is 0.860. The van der Waals surface area contributed by atoms with Gasteiger partial charge in [0.05, 0.1) is 23.7 Å². The van der Waals surface area contributed by atoms with E-state index in [9.17, 15) is 8.78 Å². The lowest BCUT2D eigenvalue weighted by Gasteiger charge is -2.35. The van der Waals surface area contributed by atoms with Gasteiger partial charge in [-0.1, -0.05) is 12.1 Å². The van der Waals surface area contributed by atoms with Crippen molar-refractivity contribution in [2.75, 3.05) is 18.5 Å². The number of fused-ring (bicyclic) bond motifs is 2. The Bertz CT molecular complexity index is 859. The number of dihydropyridines is 1. The van der Waals surface area contributed by atoms with Crippen LogP contribution in [0.15, 0.2) is 57.3 Å². The maximum absolute atomic E-state index is 13.8. The fraction of sp³-hybridized carbons (Fsp3) is 0.429. The van der Waals surface area contributed by atoms with Crippen molar-refractivity contribution >= 4 is 17.6 Å². The average Bonchev–Trinajstić information content (AvgIpc) is 3.02. The largest absolute Gasteiger partial charge is 0.340 e. The topological polar surface area (TPSA) is 40.0 Å². The van der Waals surface area contributed by atoms with Crippen molar-refractivity contribution in [3.63, 3.8) is 0 Å². The first kappa shape index (κ1) is 18.0. The molecule has 1 aromatic carbocycles. The zero-order valence-corrected chi connectivity index (χ0v) is 15.8. The van der Waals surface area contributed by atoms with E-state index in [-0.39, 0.29) is 6.04 Å². The first-order valence-electron chi connectivity index (χ1n) is 9.34. The van der Waals surface area contributed by atoms with Gasteiger partial charge in [0.15, 0.2) is 0 Å². The molecular weight excluding hydrogens is 346 g/mol. The molecule has 0 aliphatic carbocycles. The van der Waals surface area contributed by atoms with Crippen molar-refractivity contribution in [3.8, 4) is 0 Å². The molecule has 3 aliphatic rings. The highest BCUT2D eigenvalue weighted by atomic mass is 19.3. The summed E-state index contributed by atoms with van der Waals surface area (Å²) in [5.74, 6) is -2.83. The van der Waals surface area contributed by atoms with Crippen molar-refractivity contribution in [1.82, 2.24) is 5.32 Å². The minimum Gasteiger partial charge on any atom is -0.340 e. The monoisotopic (exact) mass is 370 g/mol. The number of hydrogen-bond acceptors (Lipinski definition) is 4. The third-order valence-corrected chi connectivity index (χ3v) is 5.42. The number of aliphatic imine (C=N–C) groups is 2. The first-order chi connectivity index (χ1) is 12.9. The van der Waals surface area contributed by atoms with Gasteiger partial charge in [0.25, 0.3) is 5.92 Å². The number of anilines is 1. The Morgan fingerprint density at radius 3 is 2.67 bits per heavy atom. The van der Waals surface area contributed by atoms with E-state index in [0.717, 1.165) is 49.1 Å². The van der Waals surface area contributed by atoms with Crippen LogP contribution < -0.4 is 10.2 Å². The molecule has 0 bridgehead atoms. The smallest absolute Gasteiger partial charge is 0.264 e. The van der Waals surface area contributed by atoms with Crippen LogP contribution in [-0.2, 0) is 0 Å². The number of rotatable bonds is 4. The second kappa shape index (κ2) is 6.68. The Hall–Kier alpha value is -2.34. The predicted molar refractivity (Wildman–Crippen MR) is 106 cm³/mol. The zero-order chi connectivity index (χ0) is 19.2. The molecule has 2 atom stereocenters. The SMILES string of the molecule is CN[C@@H](c1ccc(N2CCCC3=C2C=NC2=CC(C)=NC23)cc1)C(C)(F)F. The van der Waals surface area contributed by atoms with Crippen molar-refractivity contribution in [2.45, 2.75) is 44.7 Å². The Morgan fingerprint density at radius 1 is 1.26 bits per heavy atom. The van der Waals surface area contributed by atoms with Crippen LogP contribution in [0.25, 0.3) is 0 Å². The molecule has 3 aliphatic heterocycles. The summed E-state index contributed by atoms with van der Waals surface area (Å²) >= 11 is 0. The van der Waals surface area contributed by atoms with Gasteiger partial charge in [-0.2, -0.15) is 0 Å². The number of halogens is 2. The summed E-state index contributed by atoms with van der Waals surface area (Å²) < 4.78 is 27.6. The molecule has 4 rings (SSSR count). The number of benzene rings is 1. The van der Waals surface area contributed by atoms with Crippen LogP contribution in [0.1, 0.15) is 38.3 Å². The lowest BCUT2D eigenvalue weighted by atomic mass is 9.92. The summed E-state index contributed by atoms with van der Waals surface area (Å²) in [6, 6.07) is 6.45. The van der Waals surface area contributed by atoms with Gasteiger partial charge in [-0.05, 0) is 56.2 Å². The number of nitrogens with zero attached hydrogens (tertiary/aromatic N) is 3. The van der Waals surface area contributed by atoms with E-state index in [2.05, 4.69) is 15.2 Å². The molecule has 0 fully saturated rings. The van der Waals surface area contributed by atoms with Gasteiger partial charge < -0.3 is 10.2 Å². The van der Waals surface area contributed by atoms with E-state index in [1.165, 1.54) is 5.57 Å². The highest BCUT2D eigenvalue weighted by Crippen LogP contribution is 2.38. The van der Waals surface area contributed by atoms with E-state index in [1.807, 2.05) is 31.3 Å². The third-order valence-electron chi connectivity index (χ3n) is 5.42. The molecule has 0 amide bonds. The zero-order valence-electron chi connectivity index (χ0n) is 15.8. The van der Waals surface area contributed by atoms with Crippen LogP contribution in [0.2, 0.25) is 0 Å². The fourth-order valence-corrected chi connectivity index (χ4v) is 4.21. The molecule has 6 heteroatoms. The van der Waals surface area contributed by atoms with E-state index in [4.69, 9.17) is 4.99 Å². The highest BCUT2D eigenvalue weighted by Gasteiger charge is 2.35. The summed E-state index contributed by atoms with van der Waals surface area (Å²) in [6.45, 7) is 3.83. The molecule has 1 unspecified atom stereocenters. The van der Waals surface area contributed by atoms with E-state index in [0.29, 0.717) is 5.56 Å². The van der Waals surface area contributed by atoms with E-state index < -0.39 is 12.0 Å². The Kier molecular flexibility index (Phi) is 4.46. The van der Waals surface area contributed by atoms with Crippen molar-refractivity contribution < 1.29 is 8.78 Å². The van der Waals surface area contributed by atoms with Gasteiger partial charge >= 0.3 is 0 Å². The molecule has 0 spiro atoms. The number of hydrogen-bond donors (Lipinski definition) is 1. The number of alkyl halides is 2. The minimum atomic E-state index is -2.83. The Morgan fingerprint density at radius 2 is 2.00 bits per heavy atom. The molecule has 3 heterocycles. The van der Waals surface area contributed by atoms with E-state index in [1.54, 1.807) is 19.2 Å². The van der Waals surface area contributed by atoms with Gasteiger partial charge in [0.2, 0.25) is 0 Å². The Balaban J connectivity index is 1.64. The summed E-state index contributed by atoms with van der Waals surface area (Å²) in [7, 11) is 1.56. The fourth-order valence-electron chi connectivity index (χ4n) is 4.21. The molecule has 0 saturated heterocycles. The molecule has 27 heavy (non-hydrogen) atoms. The Labute approximate surface area is 158 Å². The predicted octanol–water partition coefficient (Wildman–Crippen LogP) is 4.27. The second-order valence-electron chi connectivity index (χ2n) is 7.44. The maximum atomic E-state index is 13.8. The number of allylic oxidation sites excluding steroid dienone is 2. The lowest BCUT2D eigenvalue weighted by Crippen LogP contribution is -2.34. The van der Waals surface area contributed by atoms with Gasteiger partial charge in [-0.25, -0.2) is 8.78 Å². The van der Waals surface area contributed by atoms with Crippen LogP contribution in [0, 0.1) is 0 Å². The third kappa shape index (κ3) is 3.23. The molecule has 1 aromatic rings. The molecule has 1 N–H and O–H groups in total. The van der Waals surface area contributed by atoms with Crippen molar-refractivity contribution in [2.24, 2.45) is 9.98 Å². The van der Waals surface area contributed by atoms with Gasteiger partial charge in [0, 0.05) is 24.9 Å². The van der Waals surface area contributed by atoms with Crippen molar-refractivity contribution in [3.05, 3.63) is 52.9 Å². The minimum absolute atomic E-state index is 0.0412.